The normalized spacial score (nSPS) is 12.3. The summed E-state index contributed by atoms with van der Waals surface area (Å²) in [5, 5.41) is 0. The van der Waals surface area contributed by atoms with Crippen molar-refractivity contribution in [2.45, 2.75) is 9.79 Å². The lowest BCUT2D eigenvalue weighted by Crippen LogP contribution is -2.43. The standard InChI is InChI=1S/C18H17FN2O4S2/c19-13-3-1-2-4-16(13)27-11-18(23)21-20-17(22)10-26-12-5-6-14-15(9-12)25-8-7-24-14/h1-6,9H,7-8,10-11H2,(H,20,22)(H,21,23). The molecule has 2 N–H and O–H groups in total. The van der Waals surface area contributed by atoms with Crippen LogP contribution in [0.15, 0.2) is 52.3 Å². The maximum atomic E-state index is 13.5. The number of fused-ring (bicyclic) bond motifs is 1. The summed E-state index contributed by atoms with van der Waals surface area (Å²) < 4.78 is 24.4. The van der Waals surface area contributed by atoms with Crippen LogP contribution in [-0.2, 0) is 9.59 Å². The number of hydrogen-bond donors (Lipinski definition) is 2. The number of thioether (sulfide) groups is 2. The van der Waals surface area contributed by atoms with Crippen molar-refractivity contribution >= 4 is 35.3 Å². The van der Waals surface area contributed by atoms with Crippen LogP contribution in [0, 0.1) is 5.82 Å². The summed E-state index contributed by atoms with van der Waals surface area (Å²) in [6.07, 6.45) is 0. The molecule has 2 amide bonds. The molecular weight excluding hydrogens is 391 g/mol. The quantitative estimate of drug-likeness (QED) is 0.565. The largest absolute Gasteiger partial charge is 0.486 e. The molecule has 0 saturated heterocycles. The lowest BCUT2D eigenvalue weighted by atomic mass is 10.3. The van der Waals surface area contributed by atoms with E-state index in [0.717, 1.165) is 16.7 Å². The number of ether oxygens (including phenoxy) is 2. The Kier molecular flexibility index (Phi) is 6.83. The number of halogens is 1. The molecule has 0 aromatic heterocycles. The van der Waals surface area contributed by atoms with Crippen molar-refractivity contribution in [3.05, 3.63) is 48.3 Å². The fourth-order valence-electron chi connectivity index (χ4n) is 2.18. The van der Waals surface area contributed by atoms with Crippen LogP contribution in [0.2, 0.25) is 0 Å². The first-order chi connectivity index (χ1) is 13.1. The topological polar surface area (TPSA) is 76.7 Å². The van der Waals surface area contributed by atoms with Gasteiger partial charge < -0.3 is 9.47 Å². The molecule has 3 rings (SSSR count). The predicted octanol–water partition coefficient (Wildman–Crippen LogP) is 2.63. The average molecular weight is 408 g/mol. The molecule has 27 heavy (non-hydrogen) atoms. The Labute approximate surface area is 164 Å². The van der Waals surface area contributed by atoms with Crippen molar-refractivity contribution in [1.82, 2.24) is 10.9 Å². The van der Waals surface area contributed by atoms with Gasteiger partial charge in [0.2, 0.25) is 11.8 Å². The van der Waals surface area contributed by atoms with Crippen LogP contribution < -0.4 is 20.3 Å². The molecule has 0 bridgehead atoms. The first-order valence-electron chi connectivity index (χ1n) is 8.09. The Morgan fingerprint density at radius 3 is 2.33 bits per heavy atom. The molecular formula is C18H17FN2O4S2. The zero-order valence-electron chi connectivity index (χ0n) is 14.2. The number of carbonyl (C=O) groups is 2. The van der Waals surface area contributed by atoms with E-state index in [1.54, 1.807) is 24.3 Å². The Hall–Kier alpha value is -2.39. The smallest absolute Gasteiger partial charge is 0.248 e. The Bertz CT molecular complexity index is 835. The van der Waals surface area contributed by atoms with Crippen LogP contribution in [-0.4, -0.2) is 36.5 Å². The van der Waals surface area contributed by atoms with Gasteiger partial charge in [-0.2, -0.15) is 0 Å². The SMILES string of the molecule is O=C(CSc1ccc2c(c1)OCCO2)NNC(=O)CSc1ccccc1F. The molecule has 6 nitrogen and oxygen atoms in total. The summed E-state index contributed by atoms with van der Waals surface area (Å²) in [5.74, 6) is 0.326. The number of hydrogen-bond acceptors (Lipinski definition) is 6. The van der Waals surface area contributed by atoms with Crippen molar-refractivity contribution in [1.29, 1.82) is 0 Å². The average Bonchev–Trinajstić information content (AvgIpc) is 2.70. The number of hydrazine groups is 1. The van der Waals surface area contributed by atoms with Gasteiger partial charge in [-0.05, 0) is 30.3 Å². The van der Waals surface area contributed by atoms with Crippen molar-refractivity contribution in [2.24, 2.45) is 0 Å². The third kappa shape index (κ3) is 5.80. The monoisotopic (exact) mass is 408 g/mol. The fraction of sp³-hybridized carbons (Fsp3) is 0.222. The van der Waals surface area contributed by atoms with E-state index < -0.39 is 5.91 Å². The van der Waals surface area contributed by atoms with Crippen LogP contribution >= 0.6 is 23.5 Å². The van der Waals surface area contributed by atoms with Gasteiger partial charge in [-0.25, -0.2) is 4.39 Å². The van der Waals surface area contributed by atoms with Gasteiger partial charge in [-0.1, -0.05) is 12.1 Å². The molecule has 1 heterocycles. The second kappa shape index (κ2) is 9.52. The van der Waals surface area contributed by atoms with Crippen LogP contribution in [0.5, 0.6) is 11.5 Å². The molecule has 0 fully saturated rings. The Morgan fingerprint density at radius 2 is 1.59 bits per heavy atom. The maximum Gasteiger partial charge on any atom is 0.248 e. The number of rotatable bonds is 6. The molecule has 1 aliphatic heterocycles. The van der Waals surface area contributed by atoms with Crippen LogP contribution in [0.25, 0.3) is 0 Å². The summed E-state index contributed by atoms with van der Waals surface area (Å²) in [6.45, 7) is 1.02. The van der Waals surface area contributed by atoms with Gasteiger partial charge in [0.1, 0.15) is 19.0 Å². The van der Waals surface area contributed by atoms with Crippen molar-refractivity contribution < 1.29 is 23.5 Å². The molecule has 9 heteroatoms. The van der Waals surface area contributed by atoms with E-state index in [1.807, 2.05) is 12.1 Å². The predicted molar refractivity (Wildman–Crippen MR) is 102 cm³/mol. The number of carbonyl (C=O) groups excluding carboxylic acids is 2. The highest BCUT2D eigenvalue weighted by atomic mass is 32.2. The van der Waals surface area contributed by atoms with Crippen LogP contribution in [0.1, 0.15) is 0 Å². The maximum absolute atomic E-state index is 13.5. The molecule has 0 aliphatic carbocycles. The van der Waals surface area contributed by atoms with E-state index in [9.17, 15) is 14.0 Å². The van der Waals surface area contributed by atoms with Crippen molar-refractivity contribution in [3.8, 4) is 11.5 Å². The summed E-state index contributed by atoms with van der Waals surface area (Å²) in [7, 11) is 0. The zero-order valence-corrected chi connectivity index (χ0v) is 15.8. The van der Waals surface area contributed by atoms with Gasteiger partial charge in [-0.15, -0.1) is 23.5 Å². The van der Waals surface area contributed by atoms with E-state index >= 15 is 0 Å². The highest BCUT2D eigenvalue weighted by Crippen LogP contribution is 2.34. The molecule has 0 unspecified atom stereocenters. The van der Waals surface area contributed by atoms with Gasteiger partial charge >= 0.3 is 0 Å². The summed E-state index contributed by atoms with van der Waals surface area (Å²) >= 11 is 2.37. The van der Waals surface area contributed by atoms with Gasteiger partial charge in [0, 0.05) is 9.79 Å². The molecule has 0 radical (unpaired) electrons. The first kappa shape index (κ1) is 19.4. The van der Waals surface area contributed by atoms with Gasteiger partial charge in [0.15, 0.2) is 11.5 Å². The van der Waals surface area contributed by atoms with E-state index in [-0.39, 0.29) is 23.2 Å². The number of amides is 2. The molecule has 0 atom stereocenters. The number of nitrogens with one attached hydrogen (secondary N) is 2. The van der Waals surface area contributed by atoms with E-state index in [2.05, 4.69) is 10.9 Å². The lowest BCUT2D eigenvalue weighted by Gasteiger charge is -2.18. The summed E-state index contributed by atoms with van der Waals surface area (Å²) in [5.41, 5.74) is 4.66. The second-order valence-corrected chi connectivity index (χ2v) is 7.48. The minimum atomic E-state index is -0.416. The van der Waals surface area contributed by atoms with E-state index in [4.69, 9.17) is 9.47 Å². The Morgan fingerprint density at radius 1 is 0.926 bits per heavy atom. The van der Waals surface area contributed by atoms with Crippen LogP contribution in [0.3, 0.4) is 0 Å². The van der Waals surface area contributed by atoms with E-state index in [1.165, 1.54) is 17.8 Å². The first-order valence-corrected chi connectivity index (χ1v) is 10.1. The summed E-state index contributed by atoms with van der Waals surface area (Å²) in [6, 6.07) is 11.7. The van der Waals surface area contributed by atoms with Gasteiger partial charge in [-0.3, -0.25) is 20.4 Å². The molecule has 2 aromatic carbocycles. The van der Waals surface area contributed by atoms with E-state index in [0.29, 0.717) is 29.6 Å². The second-order valence-electron chi connectivity index (χ2n) is 5.41. The van der Waals surface area contributed by atoms with Gasteiger partial charge in [0.25, 0.3) is 0 Å². The lowest BCUT2D eigenvalue weighted by molar-refractivity contribution is -0.126. The fourth-order valence-corrected chi connectivity index (χ4v) is 3.64. The highest BCUT2D eigenvalue weighted by Gasteiger charge is 2.13. The third-order valence-corrected chi connectivity index (χ3v) is 5.46. The van der Waals surface area contributed by atoms with Crippen LogP contribution in [0.4, 0.5) is 4.39 Å². The number of benzene rings is 2. The zero-order chi connectivity index (χ0) is 19.1. The molecule has 0 saturated carbocycles. The van der Waals surface area contributed by atoms with Gasteiger partial charge in [0.05, 0.1) is 11.5 Å². The van der Waals surface area contributed by atoms with Crippen molar-refractivity contribution in [2.75, 3.05) is 24.7 Å². The molecule has 142 valence electrons. The molecule has 1 aliphatic rings. The summed E-state index contributed by atoms with van der Waals surface area (Å²) in [4.78, 5) is 24.9. The molecule has 2 aromatic rings. The van der Waals surface area contributed by atoms with Crippen molar-refractivity contribution in [3.63, 3.8) is 0 Å². The minimum absolute atomic E-state index is 0.00346. The highest BCUT2D eigenvalue weighted by molar-refractivity contribution is 8.00. The minimum Gasteiger partial charge on any atom is -0.486 e. The molecule has 0 spiro atoms. The third-order valence-electron chi connectivity index (χ3n) is 3.42. The Balaban J connectivity index is 1.38.